The molecule has 0 bridgehead atoms. The van der Waals surface area contributed by atoms with Crippen LogP contribution in [0.1, 0.15) is 40.7 Å². The molecular weight excluding hydrogens is 406 g/mol. The summed E-state index contributed by atoms with van der Waals surface area (Å²) in [5.74, 6) is 0.658. The van der Waals surface area contributed by atoms with Gasteiger partial charge in [-0.15, -0.1) is 0 Å². The van der Waals surface area contributed by atoms with E-state index in [1.54, 1.807) is 41.0 Å². The molecular formula is C23H19N7O2. The zero-order valence-electron chi connectivity index (χ0n) is 17.1. The van der Waals surface area contributed by atoms with E-state index in [2.05, 4.69) is 32.6 Å². The lowest BCUT2D eigenvalue weighted by atomic mass is 10.1. The van der Waals surface area contributed by atoms with Crippen LogP contribution in [0.5, 0.6) is 0 Å². The van der Waals surface area contributed by atoms with Crippen LogP contribution in [0, 0.1) is 11.3 Å². The van der Waals surface area contributed by atoms with E-state index in [1.165, 1.54) is 0 Å². The Labute approximate surface area is 183 Å². The number of fused-ring (bicyclic) bond motifs is 1. The number of hydrogen-bond acceptors (Lipinski definition) is 6. The van der Waals surface area contributed by atoms with E-state index in [0.717, 1.165) is 24.2 Å². The Balaban J connectivity index is 1.51. The minimum atomic E-state index is -0.331. The molecule has 0 unspecified atom stereocenters. The van der Waals surface area contributed by atoms with Gasteiger partial charge < -0.3 is 16.0 Å². The molecule has 9 nitrogen and oxygen atoms in total. The van der Waals surface area contributed by atoms with Crippen molar-refractivity contribution in [3.8, 4) is 6.07 Å². The molecule has 2 aromatic heterocycles. The molecule has 158 valence electrons. The van der Waals surface area contributed by atoms with Gasteiger partial charge in [-0.1, -0.05) is 6.58 Å². The SMILES string of the molecule is C=C1NC(=O)C/C1=C\c1cnn2c(NC3CC3)cc(NC(=O)c3ccc(C#N)cc3)nc12. The predicted octanol–water partition coefficient (Wildman–Crippen LogP) is 2.84. The van der Waals surface area contributed by atoms with E-state index in [9.17, 15) is 9.59 Å². The maximum Gasteiger partial charge on any atom is 0.256 e. The quantitative estimate of drug-likeness (QED) is 0.577. The third-order valence-electron chi connectivity index (χ3n) is 5.30. The Morgan fingerprint density at radius 2 is 2.09 bits per heavy atom. The fourth-order valence-corrected chi connectivity index (χ4v) is 3.47. The fraction of sp³-hybridized carbons (Fsp3) is 0.174. The normalized spacial score (nSPS) is 16.8. The van der Waals surface area contributed by atoms with Crippen LogP contribution in [0.25, 0.3) is 11.7 Å². The molecule has 2 amide bonds. The predicted molar refractivity (Wildman–Crippen MR) is 119 cm³/mol. The second-order valence-corrected chi connectivity index (χ2v) is 7.80. The van der Waals surface area contributed by atoms with Crippen LogP contribution in [-0.2, 0) is 4.79 Å². The molecule has 0 spiro atoms. The van der Waals surface area contributed by atoms with Crippen LogP contribution in [0.3, 0.4) is 0 Å². The summed E-state index contributed by atoms with van der Waals surface area (Å²) in [7, 11) is 0. The highest BCUT2D eigenvalue weighted by Gasteiger charge is 2.24. The molecule has 1 aliphatic carbocycles. The van der Waals surface area contributed by atoms with Gasteiger partial charge in [-0.2, -0.15) is 14.9 Å². The molecule has 3 N–H and O–H groups in total. The molecule has 5 rings (SSSR count). The first-order chi connectivity index (χ1) is 15.5. The van der Waals surface area contributed by atoms with Gasteiger partial charge in [0.15, 0.2) is 5.65 Å². The number of nitrogens with zero attached hydrogens (tertiary/aromatic N) is 4. The average Bonchev–Trinajstić information content (AvgIpc) is 3.42. The van der Waals surface area contributed by atoms with Crippen molar-refractivity contribution in [1.82, 2.24) is 19.9 Å². The van der Waals surface area contributed by atoms with Crippen LogP contribution in [-0.4, -0.2) is 32.5 Å². The molecule has 0 radical (unpaired) electrons. The topological polar surface area (TPSA) is 124 Å². The summed E-state index contributed by atoms with van der Waals surface area (Å²) in [6.45, 7) is 3.88. The molecule has 1 saturated carbocycles. The van der Waals surface area contributed by atoms with Crippen molar-refractivity contribution in [2.75, 3.05) is 10.6 Å². The van der Waals surface area contributed by atoms with Gasteiger partial charge in [0.2, 0.25) is 5.91 Å². The molecule has 0 atom stereocenters. The largest absolute Gasteiger partial charge is 0.367 e. The Morgan fingerprint density at radius 1 is 1.31 bits per heavy atom. The van der Waals surface area contributed by atoms with E-state index >= 15 is 0 Å². The van der Waals surface area contributed by atoms with E-state index in [-0.39, 0.29) is 18.2 Å². The van der Waals surface area contributed by atoms with Crippen molar-refractivity contribution in [3.63, 3.8) is 0 Å². The van der Waals surface area contributed by atoms with E-state index in [1.807, 2.05) is 12.1 Å². The van der Waals surface area contributed by atoms with E-state index in [0.29, 0.717) is 39.9 Å². The number of nitriles is 1. The number of hydrogen-bond donors (Lipinski definition) is 3. The fourth-order valence-electron chi connectivity index (χ4n) is 3.47. The number of amides is 2. The van der Waals surface area contributed by atoms with Gasteiger partial charge in [0.1, 0.15) is 11.6 Å². The van der Waals surface area contributed by atoms with Gasteiger partial charge in [-0.25, -0.2) is 4.98 Å². The number of carbonyl (C=O) groups is 2. The number of aromatic nitrogens is 3. The molecule has 2 aliphatic rings. The third kappa shape index (κ3) is 3.81. The first kappa shape index (κ1) is 19.5. The van der Waals surface area contributed by atoms with Gasteiger partial charge in [0.25, 0.3) is 5.91 Å². The average molecular weight is 425 g/mol. The zero-order valence-corrected chi connectivity index (χ0v) is 17.1. The minimum Gasteiger partial charge on any atom is -0.367 e. The Kier molecular flexibility index (Phi) is 4.67. The van der Waals surface area contributed by atoms with Gasteiger partial charge >= 0.3 is 0 Å². The molecule has 32 heavy (non-hydrogen) atoms. The summed E-state index contributed by atoms with van der Waals surface area (Å²) in [5, 5.41) is 22.3. The number of benzene rings is 1. The van der Waals surface area contributed by atoms with Crippen molar-refractivity contribution in [2.24, 2.45) is 0 Å². The van der Waals surface area contributed by atoms with Crippen molar-refractivity contribution in [2.45, 2.75) is 25.3 Å². The van der Waals surface area contributed by atoms with Crippen molar-refractivity contribution in [3.05, 3.63) is 71.1 Å². The van der Waals surface area contributed by atoms with Crippen LogP contribution in [0.4, 0.5) is 11.6 Å². The van der Waals surface area contributed by atoms with Gasteiger partial charge in [-0.3, -0.25) is 9.59 Å². The second kappa shape index (κ2) is 7.67. The van der Waals surface area contributed by atoms with Crippen molar-refractivity contribution < 1.29 is 9.59 Å². The molecule has 1 saturated heterocycles. The molecule has 9 heteroatoms. The number of rotatable bonds is 5. The number of carbonyl (C=O) groups excluding carboxylic acids is 2. The summed E-state index contributed by atoms with van der Waals surface area (Å²) in [6, 6.07) is 10.5. The maximum atomic E-state index is 12.7. The monoisotopic (exact) mass is 425 g/mol. The lowest BCUT2D eigenvalue weighted by molar-refractivity contribution is -0.118. The van der Waals surface area contributed by atoms with Gasteiger partial charge in [0, 0.05) is 28.9 Å². The highest BCUT2D eigenvalue weighted by atomic mass is 16.2. The second-order valence-electron chi connectivity index (χ2n) is 7.80. The van der Waals surface area contributed by atoms with Gasteiger partial charge in [-0.05, 0) is 48.8 Å². The third-order valence-corrected chi connectivity index (χ3v) is 5.30. The molecule has 1 aromatic carbocycles. The first-order valence-corrected chi connectivity index (χ1v) is 10.2. The van der Waals surface area contributed by atoms with Crippen LogP contribution < -0.4 is 16.0 Å². The van der Waals surface area contributed by atoms with Crippen LogP contribution in [0.15, 0.2) is 54.4 Å². The highest BCUT2D eigenvalue weighted by molar-refractivity contribution is 6.04. The van der Waals surface area contributed by atoms with Crippen LogP contribution >= 0.6 is 0 Å². The van der Waals surface area contributed by atoms with Crippen molar-refractivity contribution in [1.29, 1.82) is 5.26 Å². The number of anilines is 2. The molecule has 2 fully saturated rings. The summed E-state index contributed by atoms with van der Waals surface area (Å²) >= 11 is 0. The highest BCUT2D eigenvalue weighted by Crippen LogP contribution is 2.28. The molecule has 1 aliphatic heterocycles. The Morgan fingerprint density at radius 3 is 2.75 bits per heavy atom. The Bertz CT molecular complexity index is 1340. The smallest absolute Gasteiger partial charge is 0.256 e. The van der Waals surface area contributed by atoms with Gasteiger partial charge in [0.05, 0.1) is 24.3 Å². The van der Waals surface area contributed by atoms with Crippen LogP contribution in [0.2, 0.25) is 0 Å². The Hall–Kier alpha value is -4.45. The van der Waals surface area contributed by atoms with E-state index in [4.69, 9.17) is 5.26 Å². The standard InChI is InChI=1S/C23H19N7O2/c1-13-16(9-21(31)26-13)8-17-12-25-30-20(27-18-6-7-18)10-19(28-22(17)30)29-23(32)15-4-2-14(11-24)3-5-15/h2-5,8,10,12,18,27H,1,6-7,9H2,(H,26,31)(H,28,29,32)/b16-8+. The summed E-state index contributed by atoms with van der Waals surface area (Å²) < 4.78 is 1.69. The number of nitrogens with one attached hydrogen (secondary N) is 3. The van der Waals surface area contributed by atoms with Crippen molar-refractivity contribution >= 4 is 35.2 Å². The van der Waals surface area contributed by atoms with E-state index < -0.39 is 0 Å². The summed E-state index contributed by atoms with van der Waals surface area (Å²) in [6.07, 6.45) is 5.90. The molecule has 3 heterocycles. The maximum absolute atomic E-state index is 12.7. The first-order valence-electron chi connectivity index (χ1n) is 10.2. The lowest BCUT2D eigenvalue weighted by Gasteiger charge is -2.11. The number of allylic oxidation sites excluding steroid dienone is 1. The minimum absolute atomic E-state index is 0.0999. The summed E-state index contributed by atoms with van der Waals surface area (Å²) in [4.78, 5) is 29.0. The summed E-state index contributed by atoms with van der Waals surface area (Å²) in [5.41, 5.74) is 3.50. The zero-order chi connectivity index (χ0) is 22.2. The lowest BCUT2D eigenvalue weighted by Crippen LogP contribution is -2.15. The molecule has 3 aromatic rings.